The van der Waals surface area contributed by atoms with Crippen molar-refractivity contribution in [3.63, 3.8) is 0 Å². The van der Waals surface area contributed by atoms with Crippen LogP contribution in [-0.4, -0.2) is 27.4 Å². The maximum atomic E-state index is 14.8. The summed E-state index contributed by atoms with van der Waals surface area (Å²) in [7, 11) is 1.78. The lowest BCUT2D eigenvalue weighted by molar-refractivity contribution is -0.159. The Bertz CT molecular complexity index is 1090. The number of benzene rings is 3. The predicted molar refractivity (Wildman–Crippen MR) is 118 cm³/mol. The van der Waals surface area contributed by atoms with Crippen LogP contribution in [0.3, 0.4) is 0 Å². The Balaban J connectivity index is 1.55. The normalized spacial score (nSPS) is 18.7. The van der Waals surface area contributed by atoms with E-state index in [9.17, 15) is 13.2 Å². The second kappa shape index (κ2) is 9.12. The van der Waals surface area contributed by atoms with Crippen molar-refractivity contribution in [1.29, 1.82) is 0 Å². The van der Waals surface area contributed by atoms with Gasteiger partial charge in [-0.15, -0.1) is 0 Å². The molecule has 0 bridgehead atoms. The highest BCUT2D eigenvalue weighted by molar-refractivity contribution is 6.08. The zero-order valence-corrected chi connectivity index (χ0v) is 17.2. The molecule has 1 aliphatic heterocycles. The van der Waals surface area contributed by atoms with E-state index in [2.05, 4.69) is 6.58 Å². The standard InChI is InChI=1S/C25H22BF3O2/c1-2-23-30-13-19(14-31-23)20-9-7-17(11-22(20)27)15-3-5-16(6-4-15)21-10-8-18(12-26)24(28)25(21)29/h2-11,19,23H,1,12-14,26H2. The van der Waals surface area contributed by atoms with Crippen LogP contribution in [0.5, 0.6) is 0 Å². The van der Waals surface area contributed by atoms with Crippen LogP contribution in [0.4, 0.5) is 13.2 Å². The van der Waals surface area contributed by atoms with Crippen LogP contribution in [0, 0.1) is 17.5 Å². The topological polar surface area (TPSA) is 18.5 Å². The smallest absolute Gasteiger partial charge is 0.176 e. The first-order valence-electron chi connectivity index (χ1n) is 10.2. The van der Waals surface area contributed by atoms with Gasteiger partial charge in [0.25, 0.3) is 0 Å². The molecular formula is C25H22BF3O2. The molecule has 1 fully saturated rings. The van der Waals surface area contributed by atoms with Crippen molar-refractivity contribution >= 4 is 7.85 Å². The number of ether oxygens (including phenoxy) is 2. The second-order valence-corrected chi connectivity index (χ2v) is 7.54. The summed E-state index contributed by atoms with van der Waals surface area (Å²) >= 11 is 0. The van der Waals surface area contributed by atoms with E-state index >= 15 is 0 Å². The molecule has 0 aromatic heterocycles. The fourth-order valence-electron chi connectivity index (χ4n) is 3.80. The first-order valence-corrected chi connectivity index (χ1v) is 10.2. The summed E-state index contributed by atoms with van der Waals surface area (Å²) in [5.74, 6) is -2.18. The van der Waals surface area contributed by atoms with Crippen LogP contribution in [0.1, 0.15) is 17.0 Å². The van der Waals surface area contributed by atoms with Gasteiger partial charge >= 0.3 is 0 Å². The minimum atomic E-state index is -0.849. The third kappa shape index (κ3) is 4.32. The Morgan fingerprint density at radius 2 is 1.52 bits per heavy atom. The summed E-state index contributed by atoms with van der Waals surface area (Å²) in [5, 5.41) is 0. The van der Waals surface area contributed by atoms with Crippen LogP contribution >= 0.6 is 0 Å². The Labute approximate surface area is 180 Å². The van der Waals surface area contributed by atoms with Crippen LogP contribution in [-0.2, 0) is 15.8 Å². The number of halogens is 3. The molecule has 1 aliphatic rings. The summed E-state index contributed by atoms with van der Waals surface area (Å²) in [6.45, 7) is 4.35. The lowest BCUT2D eigenvalue weighted by atomic mass is 9.93. The van der Waals surface area contributed by atoms with Gasteiger partial charge in [0.2, 0.25) is 0 Å². The molecule has 0 N–H and O–H groups in total. The van der Waals surface area contributed by atoms with Gasteiger partial charge in [-0.1, -0.05) is 61.4 Å². The van der Waals surface area contributed by atoms with Crippen LogP contribution in [0.25, 0.3) is 22.3 Å². The van der Waals surface area contributed by atoms with Crippen LogP contribution in [0.2, 0.25) is 0 Å². The fourth-order valence-corrected chi connectivity index (χ4v) is 3.80. The van der Waals surface area contributed by atoms with Crippen molar-refractivity contribution in [1.82, 2.24) is 0 Å². The highest BCUT2D eigenvalue weighted by Crippen LogP contribution is 2.31. The van der Waals surface area contributed by atoms with Crippen molar-refractivity contribution in [2.45, 2.75) is 18.5 Å². The predicted octanol–water partition coefficient (Wildman–Crippen LogP) is 5.21. The Morgan fingerprint density at radius 3 is 2.13 bits per heavy atom. The summed E-state index contributed by atoms with van der Waals surface area (Å²) in [6.07, 6.45) is 1.54. The minimum absolute atomic E-state index is 0.184. The average molecular weight is 422 g/mol. The Morgan fingerprint density at radius 1 is 0.871 bits per heavy atom. The van der Waals surface area contributed by atoms with Gasteiger partial charge in [-0.25, -0.2) is 13.2 Å². The molecule has 158 valence electrons. The van der Waals surface area contributed by atoms with E-state index in [-0.39, 0.29) is 17.3 Å². The minimum Gasteiger partial charge on any atom is -0.348 e. The zero-order valence-electron chi connectivity index (χ0n) is 17.2. The zero-order chi connectivity index (χ0) is 22.0. The van der Waals surface area contributed by atoms with Crippen molar-refractivity contribution in [3.8, 4) is 22.3 Å². The molecule has 0 spiro atoms. The van der Waals surface area contributed by atoms with E-state index in [1.54, 1.807) is 56.4 Å². The van der Waals surface area contributed by atoms with E-state index in [0.29, 0.717) is 41.8 Å². The summed E-state index contributed by atoms with van der Waals surface area (Å²) in [6, 6.07) is 15.2. The second-order valence-electron chi connectivity index (χ2n) is 7.54. The van der Waals surface area contributed by atoms with Crippen LogP contribution in [0.15, 0.2) is 67.3 Å². The molecule has 0 radical (unpaired) electrons. The third-order valence-electron chi connectivity index (χ3n) is 5.63. The number of rotatable bonds is 5. The van der Waals surface area contributed by atoms with E-state index in [0.717, 1.165) is 5.56 Å². The molecule has 1 heterocycles. The fraction of sp³-hybridized carbons (Fsp3) is 0.200. The summed E-state index contributed by atoms with van der Waals surface area (Å²) in [4.78, 5) is 0. The molecule has 0 unspecified atom stereocenters. The number of hydrogen-bond donors (Lipinski definition) is 0. The van der Waals surface area contributed by atoms with Crippen molar-refractivity contribution in [2.75, 3.05) is 13.2 Å². The molecule has 4 rings (SSSR count). The molecule has 0 saturated carbocycles. The molecule has 2 nitrogen and oxygen atoms in total. The molecule has 3 aromatic carbocycles. The van der Waals surface area contributed by atoms with Gasteiger partial charge in [-0.2, -0.15) is 0 Å². The molecule has 0 atom stereocenters. The number of hydrogen-bond acceptors (Lipinski definition) is 2. The lowest BCUT2D eigenvalue weighted by Gasteiger charge is -2.28. The SMILES string of the molecule is BCc1ccc(-c2ccc(-c3ccc(C4COC(C=C)OC4)c(F)c3)cc2)c(F)c1F. The van der Waals surface area contributed by atoms with Gasteiger partial charge in [0, 0.05) is 11.5 Å². The van der Waals surface area contributed by atoms with Crippen molar-refractivity contribution < 1.29 is 22.6 Å². The highest BCUT2D eigenvalue weighted by Gasteiger charge is 2.24. The van der Waals surface area contributed by atoms with Crippen molar-refractivity contribution in [3.05, 3.63) is 95.8 Å². The first kappa shape index (κ1) is 21.4. The monoisotopic (exact) mass is 422 g/mol. The molecule has 31 heavy (non-hydrogen) atoms. The third-order valence-corrected chi connectivity index (χ3v) is 5.63. The quantitative estimate of drug-likeness (QED) is 0.415. The highest BCUT2D eigenvalue weighted by atomic mass is 19.2. The molecule has 3 aromatic rings. The van der Waals surface area contributed by atoms with E-state index in [1.165, 1.54) is 6.07 Å². The van der Waals surface area contributed by atoms with Crippen molar-refractivity contribution in [2.24, 2.45) is 0 Å². The molecule has 0 aliphatic carbocycles. The molecular weight excluding hydrogens is 400 g/mol. The van der Waals surface area contributed by atoms with Gasteiger partial charge in [0.1, 0.15) is 13.7 Å². The summed E-state index contributed by atoms with van der Waals surface area (Å²) in [5.41, 5.74) is 3.13. The Kier molecular flexibility index (Phi) is 6.30. The van der Waals surface area contributed by atoms with Crippen LogP contribution < -0.4 is 0 Å². The molecule has 0 amide bonds. The van der Waals surface area contributed by atoms with E-state index < -0.39 is 17.9 Å². The van der Waals surface area contributed by atoms with Gasteiger partial charge in [0.05, 0.1) is 13.2 Å². The van der Waals surface area contributed by atoms with E-state index in [4.69, 9.17) is 9.47 Å². The molecule has 6 heteroatoms. The maximum Gasteiger partial charge on any atom is 0.176 e. The van der Waals surface area contributed by atoms with Gasteiger partial charge in [0.15, 0.2) is 17.9 Å². The largest absolute Gasteiger partial charge is 0.348 e. The maximum absolute atomic E-state index is 14.8. The van der Waals surface area contributed by atoms with Gasteiger partial charge in [-0.3, -0.25) is 0 Å². The molecule has 1 saturated heterocycles. The van der Waals surface area contributed by atoms with E-state index in [1.807, 2.05) is 6.07 Å². The summed E-state index contributed by atoms with van der Waals surface area (Å²) < 4.78 is 54.3. The van der Waals surface area contributed by atoms with Gasteiger partial charge in [-0.05, 0) is 40.0 Å². The van der Waals surface area contributed by atoms with Gasteiger partial charge < -0.3 is 9.47 Å². The average Bonchev–Trinajstić information content (AvgIpc) is 2.81. The Hall–Kier alpha value is -2.83. The first-order chi connectivity index (χ1) is 15.0. The lowest BCUT2D eigenvalue weighted by Crippen LogP contribution is -2.29.